The van der Waals surface area contributed by atoms with E-state index in [0.717, 1.165) is 28.3 Å². The van der Waals surface area contributed by atoms with Crippen molar-refractivity contribution in [2.45, 2.75) is 0 Å². The first-order valence-electron chi connectivity index (χ1n) is 7.14. The molecule has 2 N–H and O–H groups in total. The van der Waals surface area contributed by atoms with Crippen LogP contribution >= 0.6 is 0 Å². The van der Waals surface area contributed by atoms with Gasteiger partial charge in [-0.1, -0.05) is 30.3 Å². The summed E-state index contributed by atoms with van der Waals surface area (Å²) in [4.78, 5) is 4.33. The standard InChI is InChI=1S/C17H14N4O2/c18-17-20-14(13-4-2-1-3-5-13)10-21(17)19-9-12-6-7-15-16(8-12)23-11-22-15/h1-10H,11H2,(H2,18,20)/b19-9+. The Morgan fingerprint density at radius 2 is 1.91 bits per heavy atom. The van der Waals surface area contributed by atoms with Gasteiger partial charge in [-0.25, -0.2) is 9.66 Å². The van der Waals surface area contributed by atoms with Crippen molar-refractivity contribution in [3.8, 4) is 22.8 Å². The molecule has 2 heterocycles. The number of aromatic nitrogens is 2. The fourth-order valence-electron chi connectivity index (χ4n) is 2.35. The number of imidazole rings is 1. The molecule has 114 valence electrons. The van der Waals surface area contributed by atoms with Crippen molar-refractivity contribution in [2.24, 2.45) is 5.10 Å². The molecule has 0 fully saturated rings. The summed E-state index contributed by atoms with van der Waals surface area (Å²) in [5.41, 5.74) is 8.60. The van der Waals surface area contributed by atoms with E-state index in [2.05, 4.69) is 10.1 Å². The summed E-state index contributed by atoms with van der Waals surface area (Å²) in [5.74, 6) is 1.80. The largest absolute Gasteiger partial charge is 0.454 e. The van der Waals surface area contributed by atoms with Crippen molar-refractivity contribution in [1.29, 1.82) is 0 Å². The van der Waals surface area contributed by atoms with Gasteiger partial charge in [-0.2, -0.15) is 5.10 Å². The number of nitrogens with two attached hydrogens (primary N) is 1. The summed E-state index contributed by atoms with van der Waals surface area (Å²) in [6.07, 6.45) is 3.50. The first-order chi connectivity index (χ1) is 11.3. The molecule has 1 aliphatic heterocycles. The van der Waals surface area contributed by atoms with Gasteiger partial charge in [0.25, 0.3) is 0 Å². The van der Waals surface area contributed by atoms with Gasteiger partial charge in [-0.15, -0.1) is 0 Å². The Hall–Kier alpha value is -3.28. The van der Waals surface area contributed by atoms with Crippen molar-refractivity contribution < 1.29 is 9.47 Å². The van der Waals surface area contributed by atoms with Gasteiger partial charge in [0, 0.05) is 5.56 Å². The van der Waals surface area contributed by atoms with Crippen LogP contribution in [0.1, 0.15) is 5.56 Å². The highest BCUT2D eigenvalue weighted by molar-refractivity contribution is 5.81. The summed E-state index contributed by atoms with van der Waals surface area (Å²) >= 11 is 0. The third kappa shape index (κ3) is 2.62. The van der Waals surface area contributed by atoms with Crippen LogP contribution in [-0.4, -0.2) is 22.7 Å². The SMILES string of the molecule is Nc1nc(-c2ccccc2)cn1/N=C/c1ccc2c(c1)OCO2. The second kappa shape index (κ2) is 5.49. The number of benzene rings is 2. The highest BCUT2D eigenvalue weighted by Crippen LogP contribution is 2.32. The molecular weight excluding hydrogens is 292 g/mol. The fourth-order valence-corrected chi connectivity index (χ4v) is 2.35. The number of nitrogens with zero attached hydrogens (tertiary/aromatic N) is 3. The minimum absolute atomic E-state index is 0.255. The van der Waals surface area contributed by atoms with Crippen molar-refractivity contribution >= 4 is 12.2 Å². The number of rotatable bonds is 3. The average Bonchev–Trinajstić information content (AvgIpc) is 3.19. The van der Waals surface area contributed by atoms with Gasteiger partial charge in [0.05, 0.1) is 18.1 Å². The molecule has 0 spiro atoms. The van der Waals surface area contributed by atoms with E-state index in [1.807, 2.05) is 48.5 Å². The van der Waals surface area contributed by atoms with Crippen molar-refractivity contribution in [1.82, 2.24) is 9.66 Å². The maximum absolute atomic E-state index is 5.93. The second-order valence-electron chi connectivity index (χ2n) is 5.05. The number of anilines is 1. The third-order valence-electron chi connectivity index (χ3n) is 3.51. The fraction of sp³-hybridized carbons (Fsp3) is 0.0588. The molecule has 1 aromatic heterocycles. The highest BCUT2D eigenvalue weighted by atomic mass is 16.7. The molecule has 6 heteroatoms. The van der Waals surface area contributed by atoms with Gasteiger partial charge in [-0.3, -0.25) is 0 Å². The molecule has 3 aromatic rings. The van der Waals surface area contributed by atoms with E-state index in [9.17, 15) is 0 Å². The Kier molecular flexibility index (Phi) is 3.20. The van der Waals surface area contributed by atoms with Gasteiger partial charge in [0.2, 0.25) is 12.7 Å². The lowest BCUT2D eigenvalue weighted by Crippen LogP contribution is -1.96. The summed E-state index contributed by atoms with van der Waals surface area (Å²) in [6, 6.07) is 15.5. The van der Waals surface area contributed by atoms with Crippen LogP contribution in [0.3, 0.4) is 0 Å². The number of hydrogen-bond donors (Lipinski definition) is 1. The zero-order valence-electron chi connectivity index (χ0n) is 12.2. The molecule has 0 unspecified atom stereocenters. The zero-order valence-corrected chi connectivity index (χ0v) is 12.2. The molecule has 4 rings (SSSR count). The number of hydrogen-bond acceptors (Lipinski definition) is 5. The summed E-state index contributed by atoms with van der Waals surface area (Å²) < 4.78 is 12.2. The molecule has 0 atom stereocenters. The molecule has 6 nitrogen and oxygen atoms in total. The van der Waals surface area contributed by atoms with Gasteiger partial charge < -0.3 is 15.2 Å². The molecule has 1 aliphatic rings. The molecule has 0 saturated heterocycles. The Balaban J connectivity index is 1.60. The first-order valence-corrected chi connectivity index (χ1v) is 7.14. The second-order valence-corrected chi connectivity index (χ2v) is 5.05. The molecule has 0 aliphatic carbocycles. The van der Waals surface area contributed by atoms with E-state index >= 15 is 0 Å². The van der Waals surface area contributed by atoms with E-state index in [1.54, 1.807) is 17.1 Å². The molecule has 0 radical (unpaired) electrons. The Bertz CT molecular complexity index is 872. The zero-order chi connectivity index (χ0) is 15.6. The minimum atomic E-state index is 0.255. The van der Waals surface area contributed by atoms with E-state index in [-0.39, 0.29) is 6.79 Å². The smallest absolute Gasteiger partial charge is 0.231 e. The Morgan fingerprint density at radius 1 is 1.09 bits per heavy atom. The first kappa shape index (κ1) is 13.4. The van der Waals surface area contributed by atoms with E-state index in [0.29, 0.717) is 5.95 Å². The van der Waals surface area contributed by atoms with E-state index in [1.165, 1.54) is 0 Å². The van der Waals surface area contributed by atoms with Crippen molar-refractivity contribution in [2.75, 3.05) is 12.5 Å². The maximum Gasteiger partial charge on any atom is 0.231 e. The number of fused-ring (bicyclic) bond motifs is 1. The van der Waals surface area contributed by atoms with Gasteiger partial charge in [0.1, 0.15) is 0 Å². The summed E-state index contributed by atoms with van der Waals surface area (Å²) in [6.45, 7) is 0.255. The van der Waals surface area contributed by atoms with Crippen LogP contribution in [-0.2, 0) is 0 Å². The van der Waals surface area contributed by atoms with Crippen LogP contribution in [0.15, 0.2) is 59.8 Å². The van der Waals surface area contributed by atoms with Crippen LogP contribution in [0.5, 0.6) is 11.5 Å². The van der Waals surface area contributed by atoms with Crippen LogP contribution in [0.4, 0.5) is 5.95 Å². The highest BCUT2D eigenvalue weighted by Gasteiger charge is 2.12. The van der Waals surface area contributed by atoms with Crippen LogP contribution in [0.2, 0.25) is 0 Å². The Morgan fingerprint density at radius 3 is 2.78 bits per heavy atom. The lowest BCUT2D eigenvalue weighted by molar-refractivity contribution is 0.174. The van der Waals surface area contributed by atoms with Crippen LogP contribution in [0, 0.1) is 0 Å². The van der Waals surface area contributed by atoms with Gasteiger partial charge in [0.15, 0.2) is 11.5 Å². The van der Waals surface area contributed by atoms with Gasteiger partial charge in [-0.05, 0) is 23.8 Å². The van der Waals surface area contributed by atoms with Crippen LogP contribution in [0.25, 0.3) is 11.3 Å². The lowest BCUT2D eigenvalue weighted by Gasteiger charge is -1.98. The Labute approximate surface area is 132 Å². The molecule has 0 bridgehead atoms. The number of ether oxygens (including phenoxy) is 2. The molecule has 0 saturated carbocycles. The van der Waals surface area contributed by atoms with Gasteiger partial charge >= 0.3 is 0 Å². The lowest BCUT2D eigenvalue weighted by atomic mass is 10.2. The molecular formula is C17H14N4O2. The predicted molar refractivity (Wildman–Crippen MR) is 87.6 cm³/mol. The predicted octanol–water partition coefficient (Wildman–Crippen LogP) is 2.74. The monoisotopic (exact) mass is 306 g/mol. The molecule has 23 heavy (non-hydrogen) atoms. The topological polar surface area (TPSA) is 74.7 Å². The van der Waals surface area contributed by atoms with E-state index in [4.69, 9.17) is 15.2 Å². The van der Waals surface area contributed by atoms with Crippen LogP contribution < -0.4 is 15.2 Å². The summed E-state index contributed by atoms with van der Waals surface area (Å²) in [7, 11) is 0. The minimum Gasteiger partial charge on any atom is -0.454 e. The number of nitrogen functional groups attached to an aromatic ring is 1. The van der Waals surface area contributed by atoms with E-state index < -0.39 is 0 Å². The summed E-state index contributed by atoms with van der Waals surface area (Å²) in [5, 5.41) is 4.36. The third-order valence-corrected chi connectivity index (χ3v) is 3.51. The quantitative estimate of drug-likeness (QED) is 0.755. The molecule has 2 aromatic carbocycles. The normalized spacial score (nSPS) is 12.9. The van der Waals surface area contributed by atoms with Crippen molar-refractivity contribution in [3.63, 3.8) is 0 Å². The average molecular weight is 306 g/mol. The maximum atomic E-state index is 5.93. The van der Waals surface area contributed by atoms with Crippen molar-refractivity contribution in [3.05, 3.63) is 60.3 Å². The molecule has 0 amide bonds.